The number of aromatic nitrogens is 2. The van der Waals surface area contributed by atoms with Crippen molar-refractivity contribution in [3.05, 3.63) is 78.2 Å². The maximum Gasteiger partial charge on any atom is 0.255 e. The van der Waals surface area contributed by atoms with Gasteiger partial charge in [-0.25, -0.2) is 4.98 Å². The zero-order valence-corrected chi connectivity index (χ0v) is 17.7. The van der Waals surface area contributed by atoms with Crippen LogP contribution in [0.3, 0.4) is 0 Å². The summed E-state index contributed by atoms with van der Waals surface area (Å²) < 4.78 is 5.13. The number of pyridine rings is 2. The van der Waals surface area contributed by atoms with E-state index in [0.717, 1.165) is 50.7 Å². The van der Waals surface area contributed by atoms with Crippen molar-refractivity contribution in [3.63, 3.8) is 0 Å². The molecule has 7 heteroatoms. The first-order valence-electron chi connectivity index (χ1n) is 10.5. The van der Waals surface area contributed by atoms with Gasteiger partial charge >= 0.3 is 0 Å². The molecule has 0 aliphatic carbocycles. The third kappa shape index (κ3) is 5.58. The molecular weight excluding hydrogens is 390 g/mol. The Labute approximate surface area is 182 Å². The van der Waals surface area contributed by atoms with Crippen LogP contribution >= 0.6 is 0 Å². The van der Waals surface area contributed by atoms with Crippen LogP contribution in [0.25, 0.3) is 0 Å². The van der Waals surface area contributed by atoms with Crippen LogP contribution in [0.2, 0.25) is 0 Å². The van der Waals surface area contributed by atoms with Gasteiger partial charge in [-0.1, -0.05) is 0 Å². The molecule has 0 unspecified atom stereocenters. The summed E-state index contributed by atoms with van der Waals surface area (Å²) in [4.78, 5) is 25.9. The molecular formula is C24H27N5O2. The predicted octanol–water partition coefficient (Wildman–Crippen LogP) is 3.45. The molecule has 7 nitrogen and oxygen atoms in total. The number of amides is 1. The van der Waals surface area contributed by atoms with Gasteiger partial charge in [0.15, 0.2) is 0 Å². The molecule has 1 fully saturated rings. The van der Waals surface area contributed by atoms with Crippen LogP contribution in [0.15, 0.2) is 67.1 Å². The van der Waals surface area contributed by atoms with Gasteiger partial charge in [0.1, 0.15) is 11.6 Å². The summed E-state index contributed by atoms with van der Waals surface area (Å²) in [5, 5.41) is 2.90. The summed E-state index contributed by atoms with van der Waals surface area (Å²) in [6, 6.07) is 15.1. The standard InChI is InChI=1S/C24H27N5O2/c1-31-22-6-3-20(4-7-22)24(30)27-21-5-8-23(26-17-21)29-14-2-13-28(15-16-29)18-19-9-11-25-12-10-19/h3-12,17H,2,13-16,18H2,1H3,(H,27,30). The highest BCUT2D eigenvalue weighted by Gasteiger charge is 2.16. The van der Waals surface area contributed by atoms with E-state index in [1.54, 1.807) is 37.6 Å². The molecule has 2 aromatic heterocycles. The Hall–Kier alpha value is -3.45. The zero-order chi connectivity index (χ0) is 21.5. The third-order valence-electron chi connectivity index (χ3n) is 5.43. The summed E-state index contributed by atoms with van der Waals surface area (Å²) in [6.07, 6.45) is 6.50. The van der Waals surface area contributed by atoms with Crippen LogP contribution < -0.4 is 15.0 Å². The highest BCUT2D eigenvalue weighted by Crippen LogP contribution is 2.18. The molecule has 1 aromatic carbocycles. The second-order valence-corrected chi connectivity index (χ2v) is 7.56. The van der Waals surface area contributed by atoms with Crippen molar-refractivity contribution >= 4 is 17.4 Å². The van der Waals surface area contributed by atoms with Gasteiger partial charge in [-0.05, 0) is 60.5 Å². The van der Waals surface area contributed by atoms with Crippen LogP contribution in [0, 0.1) is 0 Å². The molecule has 1 aliphatic rings. The number of carbonyl (C=O) groups is 1. The Morgan fingerprint density at radius 2 is 1.81 bits per heavy atom. The molecule has 0 saturated carbocycles. The molecule has 0 spiro atoms. The fourth-order valence-corrected chi connectivity index (χ4v) is 3.70. The minimum atomic E-state index is -0.168. The minimum Gasteiger partial charge on any atom is -0.497 e. The lowest BCUT2D eigenvalue weighted by atomic mass is 10.2. The van der Waals surface area contributed by atoms with E-state index >= 15 is 0 Å². The molecule has 3 aromatic rings. The summed E-state index contributed by atoms with van der Waals surface area (Å²) in [6.45, 7) is 4.89. The molecule has 4 rings (SSSR count). The Kier molecular flexibility index (Phi) is 6.74. The van der Waals surface area contributed by atoms with E-state index < -0.39 is 0 Å². The number of anilines is 2. The lowest BCUT2D eigenvalue weighted by Gasteiger charge is -2.23. The number of benzene rings is 1. The number of nitrogens with zero attached hydrogens (tertiary/aromatic N) is 4. The smallest absolute Gasteiger partial charge is 0.255 e. The minimum absolute atomic E-state index is 0.168. The van der Waals surface area contributed by atoms with Gasteiger partial charge in [0.25, 0.3) is 5.91 Å². The first kappa shape index (κ1) is 20.8. The van der Waals surface area contributed by atoms with E-state index in [1.807, 2.05) is 24.5 Å². The van der Waals surface area contributed by atoms with Gasteiger partial charge in [0.2, 0.25) is 0 Å². The number of ether oxygens (including phenoxy) is 1. The van der Waals surface area contributed by atoms with Crippen LogP contribution in [0.4, 0.5) is 11.5 Å². The largest absolute Gasteiger partial charge is 0.497 e. The monoisotopic (exact) mass is 417 g/mol. The lowest BCUT2D eigenvalue weighted by Crippen LogP contribution is -2.31. The van der Waals surface area contributed by atoms with Crippen molar-refractivity contribution in [1.29, 1.82) is 0 Å². The molecule has 31 heavy (non-hydrogen) atoms. The average Bonchev–Trinajstić information content (AvgIpc) is 3.06. The number of carbonyl (C=O) groups excluding carboxylic acids is 1. The quantitative estimate of drug-likeness (QED) is 0.663. The normalized spacial score (nSPS) is 14.7. The topological polar surface area (TPSA) is 70.6 Å². The Morgan fingerprint density at radius 3 is 2.52 bits per heavy atom. The summed E-state index contributed by atoms with van der Waals surface area (Å²) in [7, 11) is 1.60. The molecule has 0 bridgehead atoms. The SMILES string of the molecule is COc1ccc(C(=O)Nc2ccc(N3CCCN(Cc4ccncc4)CC3)nc2)cc1. The van der Waals surface area contributed by atoms with Crippen LogP contribution in [0.1, 0.15) is 22.3 Å². The first-order valence-corrected chi connectivity index (χ1v) is 10.5. The number of nitrogens with one attached hydrogen (secondary N) is 1. The second-order valence-electron chi connectivity index (χ2n) is 7.56. The Bertz CT molecular complexity index is 977. The fraction of sp³-hybridized carbons (Fsp3) is 0.292. The van der Waals surface area contributed by atoms with Crippen LogP contribution in [-0.2, 0) is 6.54 Å². The van der Waals surface area contributed by atoms with E-state index in [4.69, 9.17) is 4.74 Å². The van der Waals surface area contributed by atoms with Gasteiger partial charge < -0.3 is 15.0 Å². The second kappa shape index (κ2) is 10.0. The summed E-state index contributed by atoms with van der Waals surface area (Å²) in [5.41, 5.74) is 2.55. The van der Waals surface area contributed by atoms with Gasteiger partial charge in [-0.15, -0.1) is 0 Å². The summed E-state index contributed by atoms with van der Waals surface area (Å²) >= 11 is 0. The van der Waals surface area contributed by atoms with Crippen molar-refractivity contribution in [2.24, 2.45) is 0 Å². The van der Waals surface area contributed by atoms with Crippen LogP contribution in [0.5, 0.6) is 5.75 Å². The number of hydrogen-bond donors (Lipinski definition) is 1. The number of rotatable bonds is 6. The number of hydrogen-bond acceptors (Lipinski definition) is 6. The number of methoxy groups -OCH3 is 1. The fourth-order valence-electron chi connectivity index (χ4n) is 3.70. The molecule has 1 aliphatic heterocycles. The molecule has 0 radical (unpaired) electrons. The van der Waals surface area contributed by atoms with E-state index in [9.17, 15) is 4.79 Å². The van der Waals surface area contributed by atoms with Crippen molar-refractivity contribution in [1.82, 2.24) is 14.9 Å². The molecule has 160 valence electrons. The van der Waals surface area contributed by atoms with Crippen molar-refractivity contribution in [3.8, 4) is 5.75 Å². The third-order valence-corrected chi connectivity index (χ3v) is 5.43. The molecule has 1 saturated heterocycles. The van der Waals surface area contributed by atoms with E-state index in [-0.39, 0.29) is 5.91 Å². The Balaban J connectivity index is 1.32. The van der Waals surface area contributed by atoms with Crippen molar-refractivity contribution in [2.45, 2.75) is 13.0 Å². The van der Waals surface area contributed by atoms with Gasteiger partial charge in [0, 0.05) is 50.7 Å². The van der Waals surface area contributed by atoms with Crippen LogP contribution in [-0.4, -0.2) is 54.1 Å². The van der Waals surface area contributed by atoms with E-state index in [0.29, 0.717) is 11.3 Å². The van der Waals surface area contributed by atoms with Gasteiger partial charge in [0.05, 0.1) is 19.0 Å². The van der Waals surface area contributed by atoms with Crippen molar-refractivity contribution in [2.75, 3.05) is 43.5 Å². The molecule has 0 atom stereocenters. The summed E-state index contributed by atoms with van der Waals surface area (Å²) in [5.74, 6) is 1.49. The lowest BCUT2D eigenvalue weighted by molar-refractivity contribution is 0.102. The van der Waals surface area contributed by atoms with E-state index in [2.05, 4.69) is 37.2 Å². The molecule has 1 amide bonds. The highest BCUT2D eigenvalue weighted by molar-refractivity contribution is 6.04. The molecule has 3 heterocycles. The zero-order valence-electron chi connectivity index (χ0n) is 17.7. The predicted molar refractivity (Wildman–Crippen MR) is 122 cm³/mol. The van der Waals surface area contributed by atoms with Gasteiger partial charge in [-0.3, -0.25) is 14.7 Å². The molecule has 1 N–H and O–H groups in total. The average molecular weight is 418 g/mol. The highest BCUT2D eigenvalue weighted by atomic mass is 16.5. The maximum atomic E-state index is 12.4. The first-order chi connectivity index (χ1) is 15.2. The maximum absolute atomic E-state index is 12.4. The van der Waals surface area contributed by atoms with E-state index in [1.165, 1.54) is 5.56 Å². The Morgan fingerprint density at radius 1 is 1.00 bits per heavy atom. The van der Waals surface area contributed by atoms with Crippen molar-refractivity contribution < 1.29 is 9.53 Å². The van der Waals surface area contributed by atoms with Gasteiger partial charge in [-0.2, -0.15) is 0 Å².